The molecule has 1 atom stereocenters. The van der Waals surface area contributed by atoms with Crippen molar-refractivity contribution in [2.75, 3.05) is 18.5 Å². The molecule has 0 radical (unpaired) electrons. The van der Waals surface area contributed by atoms with Gasteiger partial charge in [-0.05, 0) is 31.7 Å². The quantitative estimate of drug-likeness (QED) is 0.846. The Balaban J connectivity index is 2.11. The van der Waals surface area contributed by atoms with Gasteiger partial charge in [-0.25, -0.2) is 4.98 Å². The van der Waals surface area contributed by atoms with Crippen molar-refractivity contribution in [2.24, 2.45) is 5.92 Å². The summed E-state index contributed by atoms with van der Waals surface area (Å²) in [5, 5.41) is 9.69. The molecule has 3 heteroatoms. The summed E-state index contributed by atoms with van der Waals surface area (Å²) in [5.41, 5.74) is 0.921. The lowest BCUT2D eigenvalue weighted by Gasteiger charge is -2.31. The van der Waals surface area contributed by atoms with Crippen LogP contribution in [0.3, 0.4) is 0 Å². The van der Waals surface area contributed by atoms with Crippen molar-refractivity contribution in [3.8, 4) is 0 Å². The second-order valence-corrected chi connectivity index (χ2v) is 4.77. The molecule has 1 aliphatic rings. The minimum absolute atomic E-state index is 0.451. The molecule has 1 N–H and O–H groups in total. The molecule has 0 bridgehead atoms. The van der Waals surface area contributed by atoms with Gasteiger partial charge in [0.15, 0.2) is 0 Å². The average molecular weight is 220 g/mol. The summed E-state index contributed by atoms with van der Waals surface area (Å²) in [6.07, 6.45) is 5.37. The van der Waals surface area contributed by atoms with Gasteiger partial charge in [-0.15, -0.1) is 0 Å². The van der Waals surface area contributed by atoms with Gasteiger partial charge in [-0.3, -0.25) is 0 Å². The van der Waals surface area contributed by atoms with E-state index in [4.69, 9.17) is 0 Å². The molecule has 16 heavy (non-hydrogen) atoms. The molecule has 0 spiro atoms. The third-order valence-corrected chi connectivity index (χ3v) is 3.39. The second kappa shape index (κ2) is 4.83. The maximum Gasteiger partial charge on any atom is 0.134 e. The predicted octanol–water partition coefficient (Wildman–Crippen LogP) is 2.37. The number of aromatic nitrogens is 1. The van der Waals surface area contributed by atoms with Crippen LogP contribution in [0.25, 0.3) is 0 Å². The molecule has 1 heterocycles. The van der Waals surface area contributed by atoms with Gasteiger partial charge >= 0.3 is 0 Å². The summed E-state index contributed by atoms with van der Waals surface area (Å²) in [7, 11) is 2.06. The molecule has 0 unspecified atom stereocenters. The third kappa shape index (κ3) is 2.35. The van der Waals surface area contributed by atoms with E-state index in [1.165, 1.54) is 19.3 Å². The summed E-state index contributed by atoms with van der Waals surface area (Å²) in [6.45, 7) is 2.84. The molecule has 1 aromatic heterocycles. The first kappa shape index (κ1) is 11.4. The highest BCUT2D eigenvalue weighted by molar-refractivity contribution is 5.47. The molecule has 1 fully saturated rings. The topological polar surface area (TPSA) is 36.4 Å². The number of aliphatic hydroxyl groups is 1. The van der Waals surface area contributed by atoms with E-state index >= 15 is 0 Å². The standard InChI is InChI=1S/C13H20N2O/c1-10(16)12-7-4-8-14-13(12)15(2)9-11-5-3-6-11/h4,7-8,10-11,16H,3,5-6,9H2,1-2H3/t10-/m0/s1. The normalized spacial score (nSPS) is 17.9. The number of pyridine rings is 1. The van der Waals surface area contributed by atoms with Crippen molar-refractivity contribution in [2.45, 2.75) is 32.3 Å². The summed E-state index contributed by atoms with van der Waals surface area (Å²) in [5.74, 6) is 1.73. The Morgan fingerprint density at radius 1 is 1.56 bits per heavy atom. The van der Waals surface area contributed by atoms with Gasteiger partial charge in [-0.2, -0.15) is 0 Å². The Hall–Kier alpha value is -1.09. The molecule has 0 aromatic carbocycles. The summed E-state index contributed by atoms with van der Waals surface area (Å²) < 4.78 is 0. The lowest BCUT2D eigenvalue weighted by atomic mass is 9.85. The van der Waals surface area contributed by atoms with Crippen LogP contribution in [0.5, 0.6) is 0 Å². The largest absolute Gasteiger partial charge is 0.389 e. The molecule has 88 valence electrons. The van der Waals surface area contributed by atoms with Crippen LogP contribution in [-0.2, 0) is 0 Å². The zero-order chi connectivity index (χ0) is 11.5. The van der Waals surface area contributed by atoms with Gasteiger partial charge in [0.25, 0.3) is 0 Å². The fraction of sp³-hybridized carbons (Fsp3) is 0.615. The fourth-order valence-corrected chi connectivity index (χ4v) is 2.20. The molecule has 0 amide bonds. The SMILES string of the molecule is C[C@H](O)c1cccnc1N(C)CC1CCC1. The van der Waals surface area contributed by atoms with Gasteiger partial charge in [-0.1, -0.05) is 12.5 Å². The highest BCUT2D eigenvalue weighted by atomic mass is 16.3. The van der Waals surface area contributed by atoms with E-state index in [1.54, 1.807) is 13.1 Å². The van der Waals surface area contributed by atoms with E-state index in [2.05, 4.69) is 16.9 Å². The summed E-state index contributed by atoms with van der Waals surface area (Å²) >= 11 is 0. The lowest BCUT2D eigenvalue weighted by Crippen LogP contribution is -2.30. The minimum Gasteiger partial charge on any atom is -0.389 e. The van der Waals surface area contributed by atoms with Crippen molar-refractivity contribution < 1.29 is 5.11 Å². The Kier molecular flexibility index (Phi) is 3.44. The van der Waals surface area contributed by atoms with E-state index in [0.29, 0.717) is 0 Å². The first-order chi connectivity index (χ1) is 7.68. The van der Waals surface area contributed by atoms with Crippen LogP contribution >= 0.6 is 0 Å². The smallest absolute Gasteiger partial charge is 0.134 e. The van der Waals surface area contributed by atoms with Crippen molar-refractivity contribution in [1.29, 1.82) is 0 Å². The first-order valence-electron chi connectivity index (χ1n) is 6.02. The summed E-state index contributed by atoms with van der Waals surface area (Å²) in [6, 6.07) is 3.83. The predicted molar refractivity (Wildman–Crippen MR) is 65.5 cm³/mol. The van der Waals surface area contributed by atoms with Crippen molar-refractivity contribution in [3.63, 3.8) is 0 Å². The Morgan fingerprint density at radius 3 is 2.88 bits per heavy atom. The molecule has 2 rings (SSSR count). The zero-order valence-corrected chi connectivity index (χ0v) is 10.1. The Bertz CT molecular complexity index is 348. The molecule has 1 saturated carbocycles. The molecular formula is C13H20N2O. The number of aliphatic hydroxyl groups excluding tert-OH is 1. The lowest BCUT2D eigenvalue weighted by molar-refractivity contribution is 0.199. The maximum atomic E-state index is 9.69. The summed E-state index contributed by atoms with van der Waals surface area (Å²) in [4.78, 5) is 6.55. The third-order valence-electron chi connectivity index (χ3n) is 3.39. The minimum atomic E-state index is -0.451. The highest BCUT2D eigenvalue weighted by Crippen LogP contribution is 2.29. The molecule has 1 aromatic rings. The zero-order valence-electron chi connectivity index (χ0n) is 10.1. The number of anilines is 1. The molecular weight excluding hydrogens is 200 g/mol. The molecule has 0 aliphatic heterocycles. The van der Waals surface area contributed by atoms with Crippen LogP contribution in [0.15, 0.2) is 18.3 Å². The number of rotatable bonds is 4. The van der Waals surface area contributed by atoms with E-state index in [9.17, 15) is 5.11 Å². The van der Waals surface area contributed by atoms with Crippen LogP contribution in [0.4, 0.5) is 5.82 Å². The van der Waals surface area contributed by atoms with Crippen LogP contribution < -0.4 is 4.90 Å². The Morgan fingerprint density at radius 2 is 2.31 bits per heavy atom. The van der Waals surface area contributed by atoms with Gasteiger partial charge in [0, 0.05) is 25.4 Å². The molecule has 3 nitrogen and oxygen atoms in total. The molecule has 1 aliphatic carbocycles. The molecule has 0 saturated heterocycles. The van der Waals surface area contributed by atoms with Crippen molar-refractivity contribution in [3.05, 3.63) is 23.9 Å². The number of hydrogen-bond acceptors (Lipinski definition) is 3. The van der Waals surface area contributed by atoms with E-state index in [-0.39, 0.29) is 0 Å². The van der Waals surface area contributed by atoms with Gasteiger partial charge in [0.05, 0.1) is 6.10 Å². The second-order valence-electron chi connectivity index (χ2n) is 4.77. The fourth-order valence-electron chi connectivity index (χ4n) is 2.20. The maximum absolute atomic E-state index is 9.69. The first-order valence-corrected chi connectivity index (χ1v) is 6.02. The van der Waals surface area contributed by atoms with E-state index in [1.807, 2.05) is 12.1 Å². The monoisotopic (exact) mass is 220 g/mol. The van der Waals surface area contributed by atoms with Crippen LogP contribution in [-0.4, -0.2) is 23.7 Å². The number of nitrogens with zero attached hydrogens (tertiary/aromatic N) is 2. The van der Waals surface area contributed by atoms with Crippen LogP contribution in [0.2, 0.25) is 0 Å². The average Bonchev–Trinajstić information content (AvgIpc) is 2.23. The van der Waals surface area contributed by atoms with Gasteiger partial charge in [0.2, 0.25) is 0 Å². The van der Waals surface area contributed by atoms with Crippen LogP contribution in [0, 0.1) is 5.92 Å². The van der Waals surface area contributed by atoms with Crippen molar-refractivity contribution >= 4 is 5.82 Å². The van der Waals surface area contributed by atoms with E-state index < -0.39 is 6.10 Å². The highest BCUT2D eigenvalue weighted by Gasteiger charge is 2.21. The van der Waals surface area contributed by atoms with Gasteiger partial charge < -0.3 is 10.0 Å². The van der Waals surface area contributed by atoms with Crippen LogP contribution in [0.1, 0.15) is 37.9 Å². The number of hydrogen-bond donors (Lipinski definition) is 1. The van der Waals surface area contributed by atoms with Gasteiger partial charge in [0.1, 0.15) is 5.82 Å². The van der Waals surface area contributed by atoms with E-state index in [0.717, 1.165) is 23.8 Å². The van der Waals surface area contributed by atoms with Crippen molar-refractivity contribution in [1.82, 2.24) is 4.98 Å². The Labute approximate surface area is 97.1 Å².